The fourth-order valence-electron chi connectivity index (χ4n) is 2.91. The van der Waals surface area contributed by atoms with Gasteiger partial charge in [0.05, 0.1) is 5.69 Å². The van der Waals surface area contributed by atoms with E-state index in [9.17, 15) is 9.18 Å². The van der Waals surface area contributed by atoms with Crippen molar-refractivity contribution in [2.45, 2.75) is 25.8 Å². The smallest absolute Gasteiger partial charge is 0.246 e. The first-order valence-corrected chi connectivity index (χ1v) is 7.57. The van der Waals surface area contributed by atoms with Crippen molar-refractivity contribution >= 4 is 17.3 Å². The van der Waals surface area contributed by atoms with Crippen LogP contribution in [0, 0.1) is 5.82 Å². The van der Waals surface area contributed by atoms with Crippen molar-refractivity contribution in [3.63, 3.8) is 0 Å². The van der Waals surface area contributed by atoms with E-state index >= 15 is 0 Å². The molecule has 1 N–H and O–H groups in total. The number of nitrogens with one attached hydrogen (secondary N) is 1. The molecule has 0 unspecified atom stereocenters. The number of anilines is 2. The van der Waals surface area contributed by atoms with Gasteiger partial charge in [0, 0.05) is 12.2 Å². The summed E-state index contributed by atoms with van der Waals surface area (Å²) >= 11 is 0. The van der Waals surface area contributed by atoms with Gasteiger partial charge in [-0.2, -0.15) is 0 Å². The predicted octanol–water partition coefficient (Wildman–Crippen LogP) is 3.61. The van der Waals surface area contributed by atoms with E-state index < -0.39 is 5.82 Å². The Bertz CT molecular complexity index is 686. The number of fused-ring (bicyclic) bond motifs is 1. The molecule has 3 rings (SSSR count). The molecule has 114 valence electrons. The third kappa shape index (κ3) is 2.82. The summed E-state index contributed by atoms with van der Waals surface area (Å²) in [4.78, 5) is 14.5. The van der Waals surface area contributed by atoms with Gasteiger partial charge in [0.15, 0.2) is 0 Å². The molecule has 2 aromatic carbocycles. The number of para-hydroxylation sites is 2. The first-order valence-electron chi connectivity index (χ1n) is 7.57. The van der Waals surface area contributed by atoms with Crippen molar-refractivity contribution in [2.75, 3.05) is 16.8 Å². The molecular weight excluding hydrogens is 279 g/mol. The van der Waals surface area contributed by atoms with Gasteiger partial charge >= 0.3 is 0 Å². The molecule has 1 atom stereocenters. The molecule has 1 aliphatic rings. The lowest BCUT2D eigenvalue weighted by Gasteiger charge is -2.35. The zero-order valence-electron chi connectivity index (χ0n) is 12.6. The summed E-state index contributed by atoms with van der Waals surface area (Å²) in [5.41, 5.74) is 2.59. The first kappa shape index (κ1) is 14.6. The van der Waals surface area contributed by atoms with Crippen LogP contribution in [0.1, 0.15) is 18.9 Å². The quantitative estimate of drug-likeness (QED) is 0.939. The zero-order valence-corrected chi connectivity index (χ0v) is 12.6. The molecule has 3 nitrogen and oxygen atoms in total. The highest BCUT2D eigenvalue weighted by Gasteiger charge is 2.26. The number of halogens is 1. The number of benzene rings is 2. The second-order valence-corrected chi connectivity index (χ2v) is 5.57. The van der Waals surface area contributed by atoms with Crippen LogP contribution in [0.25, 0.3) is 0 Å². The molecule has 22 heavy (non-hydrogen) atoms. The van der Waals surface area contributed by atoms with Crippen LogP contribution in [0.4, 0.5) is 15.8 Å². The average molecular weight is 298 g/mol. The van der Waals surface area contributed by atoms with Gasteiger partial charge in [-0.3, -0.25) is 4.79 Å². The maximum atomic E-state index is 13.7. The fraction of sp³-hybridized carbons (Fsp3) is 0.278. The molecule has 0 aromatic heterocycles. The van der Waals surface area contributed by atoms with Crippen LogP contribution in [-0.2, 0) is 11.2 Å². The molecule has 0 radical (unpaired) electrons. The van der Waals surface area contributed by atoms with Crippen LogP contribution in [0.2, 0.25) is 0 Å². The second kappa shape index (κ2) is 6.18. The molecule has 0 aliphatic carbocycles. The van der Waals surface area contributed by atoms with E-state index in [1.165, 1.54) is 11.6 Å². The highest BCUT2D eigenvalue weighted by molar-refractivity contribution is 5.96. The minimum absolute atomic E-state index is 0.193. The predicted molar refractivity (Wildman–Crippen MR) is 86.6 cm³/mol. The Morgan fingerprint density at radius 3 is 2.73 bits per heavy atom. The van der Waals surface area contributed by atoms with Gasteiger partial charge in [-0.15, -0.1) is 0 Å². The molecule has 1 amide bonds. The van der Waals surface area contributed by atoms with Gasteiger partial charge in [0.25, 0.3) is 0 Å². The van der Waals surface area contributed by atoms with E-state index in [4.69, 9.17) is 0 Å². The minimum atomic E-state index is -0.415. The largest absolute Gasteiger partial charge is 0.360 e. The van der Waals surface area contributed by atoms with Crippen molar-refractivity contribution in [3.05, 3.63) is 59.9 Å². The summed E-state index contributed by atoms with van der Waals surface area (Å²) in [7, 11) is 0. The first-order chi connectivity index (χ1) is 10.7. The van der Waals surface area contributed by atoms with Gasteiger partial charge in [-0.25, -0.2) is 4.39 Å². The van der Waals surface area contributed by atoms with Crippen molar-refractivity contribution in [3.8, 4) is 0 Å². The Morgan fingerprint density at radius 2 is 1.91 bits per heavy atom. The van der Waals surface area contributed by atoms with E-state index in [-0.39, 0.29) is 17.6 Å². The summed E-state index contributed by atoms with van der Waals surface area (Å²) < 4.78 is 13.7. The number of rotatable bonds is 3. The summed E-state index contributed by atoms with van der Waals surface area (Å²) in [6, 6.07) is 14.0. The molecule has 1 aliphatic heterocycles. The topological polar surface area (TPSA) is 32.3 Å². The molecule has 0 saturated heterocycles. The lowest BCUT2D eigenvalue weighted by molar-refractivity contribution is -0.117. The lowest BCUT2D eigenvalue weighted by Crippen LogP contribution is -2.44. The molecule has 4 heteroatoms. The number of hydrogen-bond donors (Lipinski definition) is 1. The van der Waals surface area contributed by atoms with Gasteiger partial charge in [-0.05, 0) is 43.5 Å². The number of carbonyl (C=O) groups is 1. The van der Waals surface area contributed by atoms with Crippen LogP contribution in [-0.4, -0.2) is 18.5 Å². The van der Waals surface area contributed by atoms with E-state index in [2.05, 4.69) is 16.3 Å². The molecule has 0 saturated carbocycles. The molecule has 1 heterocycles. The highest BCUT2D eigenvalue weighted by atomic mass is 19.1. The van der Waals surface area contributed by atoms with Crippen molar-refractivity contribution in [2.24, 2.45) is 0 Å². The molecule has 0 spiro atoms. The summed E-state index contributed by atoms with van der Waals surface area (Å²) in [5, 5.41) is 2.68. The maximum absolute atomic E-state index is 13.7. The fourth-order valence-corrected chi connectivity index (χ4v) is 2.91. The van der Waals surface area contributed by atoms with Gasteiger partial charge in [-0.1, -0.05) is 30.3 Å². The van der Waals surface area contributed by atoms with E-state index in [1.807, 2.05) is 25.1 Å². The van der Waals surface area contributed by atoms with Gasteiger partial charge < -0.3 is 10.2 Å². The van der Waals surface area contributed by atoms with E-state index in [1.54, 1.807) is 18.2 Å². The number of aryl methyl sites for hydroxylation is 1. The lowest BCUT2D eigenvalue weighted by atomic mass is 10.00. The van der Waals surface area contributed by atoms with Crippen molar-refractivity contribution < 1.29 is 9.18 Å². The molecule has 0 fully saturated rings. The van der Waals surface area contributed by atoms with E-state index in [0.29, 0.717) is 0 Å². The van der Waals surface area contributed by atoms with Crippen LogP contribution in [0.3, 0.4) is 0 Å². The number of nitrogens with zero attached hydrogens (tertiary/aromatic N) is 1. The van der Waals surface area contributed by atoms with Gasteiger partial charge in [0.2, 0.25) is 5.91 Å². The molecular formula is C18H19FN2O. The standard InChI is InChI=1S/C18H19FN2O/c1-13(18(22)20-16-10-4-3-9-15(16)19)21-12-6-8-14-7-2-5-11-17(14)21/h2-5,7,9-11,13H,6,8,12H2,1H3,(H,20,22)/t13-/m1/s1. The van der Waals surface area contributed by atoms with Crippen molar-refractivity contribution in [1.82, 2.24) is 0 Å². The minimum Gasteiger partial charge on any atom is -0.360 e. The Balaban J connectivity index is 1.78. The maximum Gasteiger partial charge on any atom is 0.246 e. The van der Waals surface area contributed by atoms with Gasteiger partial charge in [0.1, 0.15) is 11.9 Å². The molecule has 2 aromatic rings. The average Bonchev–Trinajstić information content (AvgIpc) is 2.55. The Kier molecular flexibility index (Phi) is 4.09. The normalized spacial score (nSPS) is 15.1. The third-order valence-electron chi connectivity index (χ3n) is 4.12. The zero-order chi connectivity index (χ0) is 15.5. The van der Waals surface area contributed by atoms with Crippen LogP contribution >= 0.6 is 0 Å². The Labute approximate surface area is 129 Å². The van der Waals surface area contributed by atoms with Crippen LogP contribution < -0.4 is 10.2 Å². The third-order valence-corrected chi connectivity index (χ3v) is 4.12. The number of amides is 1. The summed E-state index contributed by atoms with van der Waals surface area (Å²) in [6.07, 6.45) is 2.06. The van der Waals surface area contributed by atoms with Crippen LogP contribution in [0.15, 0.2) is 48.5 Å². The van der Waals surface area contributed by atoms with Crippen molar-refractivity contribution in [1.29, 1.82) is 0 Å². The Hall–Kier alpha value is -2.36. The Morgan fingerprint density at radius 1 is 1.18 bits per heavy atom. The summed E-state index contributed by atoms with van der Waals surface area (Å²) in [5.74, 6) is -0.608. The monoisotopic (exact) mass is 298 g/mol. The van der Waals surface area contributed by atoms with Crippen LogP contribution in [0.5, 0.6) is 0 Å². The summed E-state index contributed by atoms with van der Waals surface area (Å²) in [6.45, 7) is 2.70. The number of carbonyl (C=O) groups excluding carboxylic acids is 1. The molecule has 0 bridgehead atoms. The number of hydrogen-bond acceptors (Lipinski definition) is 2. The van der Waals surface area contributed by atoms with E-state index in [0.717, 1.165) is 25.1 Å². The second-order valence-electron chi connectivity index (χ2n) is 5.57. The SMILES string of the molecule is C[C@H](C(=O)Nc1ccccc1F)N1CCCc2ccccc21. The highest BCUT2D eigenvalue weighted by Crippen LogP contribution is 2.28.